The van der Waals surface area contributed by atoms with Gasteiger partial charge >= 0.3 is 5.97 Å². The molecule has 1 saturated carbocycles. The predicted octanol–water partition coefficient (Wildman–Crippen LogP) is 10.2. The van der Waals surface area contributed by atoms with Crippen LogP contribution >= 0.6 is 11.6 Å². The third-order valence-corrected chi connectivity index (χ3v) is 11.3. The van der Waals surface area contributed by atoms with Crippen LogP contribution in [0.5, 0.6) is 5.75 Å². The molecule has 59 heavy (non-hydrogen) atoms. The van der Waals surface area contributed by atoms with E-state index in [0.29, 0.717) is 36.8 Å². The van der Waals surface area contributed by atoms with E-state index in [1.54, 1.807) is 0 Å². The highest BCUT2D eigenvalue weighted by Crippen LogP contribution is 2.45. The molecule has 10 nitrogen and oxygen atoms in total. The van der Waals surface area contributed by atoms with Gasteiger partial charge in [-0.25, -0.2) is 4.79 Å². The third-order valence-electron chi connectivity index (χ3n) is 11.0. The minimum Gasteiger partial charge on any atom is -0.493 e. The Morgan fingerprint density at radius 3 is 2.19 bits per heavy atom. The highest BCUT2D eigenvalue weighted by Gasteiger charge is 2.50. The Bertz CT molecular complexity index is 2240. The molecular formula is C48H66ClN5O5. The second kappa shape index (κ2) is 18.9. The number of fused-ring (bicyclic) bond motifs is 2. The molecule has 0 unspecified atom stereocenters. The number of likely N-dealkylation sites (N-methyl/N-ethyl adjacent to an activating group) is 1. The van der Waals surface area contributed by atoms with Crippen LogP contribution in [0, 0.1) is 13.8 Å². The number of carbonyl (C=O) groups is 2. The lowest BCUT2D eigenvalue weighted by atomic mass is 9.98. The zero-order valence-corrected chi connectivity index (χ0v) is 38.3. The summed E-state index contributed by atoms with van der Waals surface area (Å²) in [7, 11) is 4.19. The van der Waals surface area contributed by atoms with E-state index in [-0.39, 0.29) is 17.1 Å². The molecule has 320 valence electrons. The van der Waals surface area contributed by atoms with Gasteiger partial charge in [-0.3, -0.25) is 14.4 Å². The molecule has 3 heterocycles. The van der Waals surface area contributed by atoms with E-state index in [9.17, 15) is 9.59 Å². The number of halogens is 1. The number of benzene rings is 3. The highest BCUT2D eigenvalue weighted by atomic mass is 35.5. The van der Waals surface area contributed by atoms with Crippen molar-refractivity contribution < 1.29 is 23.8 Å². The summed E-state index contributed by atoms with van der Waals surface area (Å²) in [6.45, 7) is 25.0. The first-order valence-corrected chi connectivity index (χ1v) is 21.5. The Hall–Kier alpha value is -4.38. The van der Waals surface area contributed by atoms with E-state index >= 15 is 0 Å². The largest absolute Gasteiger partial charge is 0.493 e. The number of nitrogens with zero attached hydrogens (tertiary/aromatic N) is 5. The van der Waals surface area contributed by atoms with E-state index in [2.05, 4.69) is 57.3 Å². The van der Waals surface area contributed by atoms with Crippen molar-refractivity contribution in [3.63, 3.8) is 0 Å². The van der Waals surface area contributed by atoms with Crippen LogP contribution in [-0.2, 0) is 34.3 Å². The summed E-state index contributed by atoms with van der Waals surface area (Å²) in [5.74, 6) is 0.565. The van der Waals surface area contributed by atoms with Crippen molar-refractivity contribution in [2.45, 2.75) is 118 Å². The molecule has 5 aromatic rings. The van der Waals surface area contributed by atoms with Crippen LogP contribution < -0.4 is 4.74 Å². The van der Waals surface area contributed by atoms with Gasteiger partial charge in [0.2, 0.25) is 0 Å². The summed E-state index contributed by atoms with van der Waals surface area (Å²) in [4.78, 5) is 29.1. The minimum absolute atomic E-state index is 0.237. The Morgan fingerprint density at radius 1 is 0.881 bits per heavy atom. The SMILES string of the molecule is CC.CC(C)(C)OC=O.Cc1nn(C)c(C)c1-c1c(Cl)ccc2c(CCCOc3cccc4ccccc34)c(C(=O)OC(C)(C)C)n(CCN3CCN(C)CC34CC4)c12. The molecule has 2 aliphatic rings. The van der Waals surface area contributed by atoms with Crippen LogP contribution in [0.1, 0.15) is 102 Å². The van der Waals surface area contributed by atoms with Gasteiger partial charge in [0.15, 0.2) is 0 Å². The second-order valence-electron chi connectivity index (χ2n) is 17.7. The van der Waals surface area contributed by atoms with Gasteiger partial charge in [0.25, 0.3) is 6.47 Å². The maximum Gasteiger partial charge on any atom is 0.355 e. The second-order valence-corrected chi connectivity index (χ2v) is 18.1. The fourth-order valence-corrected chi connectivity index (χ4v) is 8.44. The number of hydrogen-bond acceptors (Lipinski definition) is 8. The van der Waals surface area contributed by atoms with Crippen LogP contribution in [0.2, 0.25) is 5.02 Å². The quantitative estimate of drug-likeness (QED) is 0.0739. The zero-order chi connectivity index (χ0) is 43.3. The Kier molecular flexibility index (Phi) is 14.6. The van der Waals surface area contributed by atoms with Crippen LogP contribution in [0.25, 0.3) is 32.8 Å². The van der Waals surface area contributed by atoms with Gasteiger partial charge in [-0.05, 0) is 111 Å². The average Bonchev–Trinajstić information content (AvgIpc) is 3.79. The molecular weight excluding hydrogens is 762 g/mol. The number of esters is 1. The van der Waals surface area contributed by atoms with Crippen molar-refractivity contribution in [3.8, 4) is 16.9 Å². The van der Waals surface area contributed by atoms with Crippen molar-refractivity contribution in [3.05, 3.63) is 82.3 Å². The van der Waals surface area contributed by atoms with Gasteiger partial charge in [0, 0.05) is 72.9 Å². The zero-order valence-electron chi connectivity index (χ0n) is 37.5. The lowest BCUT2D eigenvalue weighted by molar-refractivity contribution is -0.138. The maximum absolute atomic E-state index is 14.4. The molecule has 1 aliphatic heterocycles. The van der Waals surface area contributed by atoms with Crippen molar-refractivity contribution in [2.24, 2.45) is 7.05 Å². The molecule has 3 aromatic carbocycles. The number of aryl methyl sites for hydroxylation is 3. The lowest BCUT2D eigenvalue weighted by Crippen LogP contribution is -2.54. The number of piperazine rings is 1. The lowest BCUT2D eigenvalue weighted by Gasteiger charge is -2.41. The molecule has 1 aliphatic carbocycles. The van der Waals surface area contributed by atoms with Crippen molar-refractivity contribution in [2.75, 3.05) is 39.8 Å². The molecule has 7 rings (SSSR count). The molecule has 2 aromatic heterocycles. The summed E-state index contributed by atoms with van der Waals surface area (Å²) in [6.07, 6.45) is 3.81. The first kappa shape index (κ1) is 45.7. The minimum atomic E-state index is -0.653. The first-order chi connectivity index (χ1) is 27.9. The van der Waals surface area contributed by atoms with Crippen LogP contribution in [0.3, 0.4) is 0 Å². The number of ether oxygens (including phenoxy) is 3. The summed E-state index contributed by atoms with van der Waals surface area (Å²) in [5.41, 5.74) is 5.71. The van der Waals surface area contributed by atoms with Gasteiger partial charge in [-0.15, -0.1) is 0 Å². The van der Waals surface area contributed by atoms with E-state index in [1.807, 2.05) is 104 Å². The van der Waals surface area contributed by atoms with Crippen molar-refractivity contribution in [1.82, 2.24) is 24.1 Å². The number of aromatic nitrogens is 3. The first-order valence-electron chi connectivity index (χ1n) is 21.2. The van der Waals surface area contributed by atoms with Crippen LogP contribution in [0.4, 0.5) is 0 Å². The molecule has 1 saturated heterocycles. The normalized spacial score (nSPS) is 15.3. The number of carbonyl (C=O) groups excluding carboxylic acids is 2. The molecule has 0 N–H and O–H groups in total. The maximum atomic E-state index is 14.4. The smallest absolute Gasteiger partial charge is 0.355 e. The highest BCUT2D eigenvalue weighted by molar-refractivity contribution is 6.35. The van der Waals surface area contributed by atoms with Crippen molar-refractivity contribution >= 4 is 45.7 Å². The van der Waals surface area contributed by atoms with E-state index < -0.39 is 5.60 Å². The fourth-order valence-electron chi connectivity index (χ4n) is 8.20. The third kappa shape index (κ3) is 10.7. The van der Waals surface area contributed by atoms with Crippen LogP contribution in [-0.4, -0.2) is 93.2 Å². The van der Waals surface area contributed by atoms with Crippen molar-refractivity contribution in [1.29, 1.82) is 0 Å². The molecule has 0 radical (unpaired) electrons. The fraction of sp³-hybridized carbons (Fsp3) is 0.521. The Balaban J connectivity index is 0.000000667. The average molecular weight is 829 g/mol. The van der Waals surface area contributed by atoms with Gasteiger partial charge in [0.1, 0.15) is 22.6 Å². The van der Waals surface area contributed by atoms with E-state index in [0.717, 1.165) is 88.1 Å². The topological polar surface area (TPSA) is 91.1 Å². The molecule has 0 bridgehead atoms. The summed E-state index contributed by atoms with van der Waals surface area (Å²) in [6, 6.07) is 18.5. The summed E-state index contributed by atoms with van der Waals surface area (Å²) in [5, 5.41) is 8.69. The standard InChI is InChI=1S/C41H50ClN5O3.C5H10O2.C2H6/c1-27-35(28(2)45(7)43-27)36-33(42)18-17-32-31(15-11-25-49-34-16-10-13-29-12-8-9-14-30(29)34)38(39(48)50-40(3,4)5)47(37(32)36)24-23-46-22-21-44(6)26-41(46)19-20-41;1-5(2,3)7-4-6;1-2/h8-10,12-14,16-18H,11,15,19-26H2,1-7H3;4H,1-3H3;1-2H3. The number of hydrogen-bond donors (Lipinski definition) is 0. The monoisotopic (exact) mass is 827 g/mol. The Morgan fingerprint density at radius 2 is 1.58 bits per heavy atom. The Labute approximate surface area is 356 Å². The van der Waals surface area contributed by atoms with Gasteiger partial charge < -0.3 is 23.7 Å². The van der Waals surface area contributed by atoms with Crippen LogP contribution in [0.15, 0.2) is 54.6 Å². The van der Waals surface area contributed by atoms with Gasteiger partial charge in [0.05, 0.1) is 22.8 Å². The molecule has 11 heteroatoms. The van der Waals surface area contributed by atoms with E-state index in [4.69, 9.17) is 26.2 Å². The summed E-state index contributed by atoms with van der Waals surface area (Å²) < 4.78 is 21.3. The predicted molar refractivity (Wildman–Crippen MR) is 241 cm³/mol. The van der Waals surface area contributed by atoms with E-state index in [1.165, 1.54) is 12.8 Å². The van der Waals surface area contributed by atoms with Gasteiger partial charge in [-0.1, -0.05) is 67.9 Å². The number of rotatable bonds is 11. The molecule has 2 fully saturated rings. The van der Waals surface area contributed by atoms with Gasteiger partial charge in [-0.2, -0.15) is 5.10 Å². The summed E-state index contributed by atoms with van der Waals surface area (Å²) >= 11 is 7.17. The molecule has 0 atom stereocenters. The molecule has 0 amide bonds. The molecule has 1 spiro atoms.